The lowest BCUT2D eigenvalue weighted by molar-refractivity contribution is -0.386. The van der Waals surface area contributed by atoms with Crippen molar-refractivity contribution in [2.45, 2.75) is 24.4 Å². The van der Waals surface area contributed by atoms with E-state index in [1.165, 1.54) is 0 Å². The lowest BCUT2D eigenvalue weighted by Gasteiger charge is -2.35. The highest BCUT2D eigenvalue weighted by molar-refractivity contribution is 5.01. The molecule has 0 N–H and O–H groups in total. The van der Waals surface area contributed by atoms with Crippen LogP contribution in [0.2, 0.25) is 0 Å². The number of rotatable bonds is 2. The fourth-order valence-corrected chi connectivity index (χ4v) is 1.12. The fraction of sp³-hybridized carbons (Fsp3) is 0.714. The number of halogens is 10. The average Bonchev–Trinajstić information content (AvgIpc) is 2.63. The minimum absolute atomic E-state index is 0.0691. The second kappa shape index (κ2) is 4.07. The van der Waals surface area contributed by atoms with Gasteiger partial charge in [-0.3, -0.25) is 9.80 Å². The molecular weight excluding hydrogens is 302 g/mol. The first-order valence-corrected chi connectivity index (χ1v) is 4.32. The first-order valence-electron chi connectivity index (χ1n) is 4.32. The Morgan fingerprint density at radius 1 is 0.684 bits per heavy atom. The number of alkyl halides is 10. The quantitative estimate of drug-likeness (QED) is 0.570. The molecule has 0 spiro atoms. The fourth-order valence-electron chi connectivity index (χ4n) is 1.12. The molecule has 1 rings (SSSR count). The van der Waals surface area contributed by atoms with E-state index >= 15 is 0 Å². The number of hydrogen-bond acceptors (Lipinski definition) is 2. The van der Waals surface area contributed by atoms with Gasteiger partial charge >= 0.3 is 24.4 Å². The molecular formula is C7H4F10N2. The molecule has 112 valence electrons. The summed E-state index contributed by atoms with van der Waals surface area (Å²) < 4.78 is 123. The van der Waals surface area contributed by atoms with Gasteiger partial charge in [-0.15, -0.1) is 0 Å². The Morgan fingerprint density at radius 2 is 1.11 bits per heavy atom. The Morgan fingerprint density at radius 3 is 1.42 bits per heavy atom. The van der Waals surface area contributed by atoms with Crippen molar-refractivity contribution in [3.8, 4) is 0 Å². The van der Waals surface area contributed by atoms with Crippen LogP contribution in [0.15, 0.2) is 12.4 Å². The van der Waals surface area contributed by atoms with E-state index in [1.807, 2.05) is 0 Å². The maximum Gasteiger partial charge on any atom is 0.485 e. The van der Waals surface area contributed by atoms with Crippen LogP contribution in [0.5, 0.6) is 0 Å². The van der Waals surface area contributed by atoms with Crippen molar-refractivity contribution in [2.75, 3.05) is 6.67 Å². The lowest BCUT2D eigenvalue weighted by Crippen LogP contribution is -2.60. The van der Waals surface area contributed by atoms with Gasteiger partial charge in [0.25, 0.3) is 0 Å². The Kier molecular flexibility index (Phi) is 3.36. The summed E-state index contributed by atoms with van der Waals surface area (Å²) in [6, 6.07) is -5.85. The highest BCUT2D eigenvalue weighted by Crippen LogP contribution is 2.49. The van der Waals surface area contributed by atoms with Gasteiger partial charge in [0, 0.05) is 12.4 Å². The topological polar surface area (TPSA) is 6.48 Å². The number of hydrogen-bond donors (Lipinski definition) is 0. The monoisotopic (exact) mass is 306 g/mol. The molecule has 12 heteroatoms. The van der Waals surface area contributed by atoms with Crippen LogP contribution in [0, 0.1) is 0 Å². The van der Waals surface area contributed by atoms with Gasteiger partial charge in [0.1, 0.15) is 6.67 Å². The van der Waals surface area contributed by atoms with Crippen molar-refractivity contribution in [2.24, 2.45) is 0 Å². The first kappa shape index (κ1) is 15.7. The van der Waals surface area contributed by atoms with E-state index in [2.05, 4.69) is 0 Å². The molecule has 0 saturated carbocycles. The zero-order valence-corrected chi connectivity index (χ0v) is 8.54. The predicted molar refractivity (Wildman–Crippen MR) is 39.7 cm³/mol. The summed E-state index contributed by atoms with van der Waals surface area (Å²) in [6.07, 6.45) is -12.0. The van der Waals surface area contributed by atoms with Crippen LogP contribution >= 0.6 is 0 Å². The molecule has 0 saturated heterocycles. The Labute approximate surface area is 98.4 Å². The van der Waals surface area contributed by atoms with Crippen molar-refractivity contribution in [1.29, 1.82) is 0 Å². The highest BCUT2D eigenvalue weighted by Gasteiger charge is 2.75. The first-order chi connectivity index (χ1) is 8.21. The average molecular weight is 306 g/mol. The molecule has 0 bridgehead atoms. The third-order valence-electron chi connectivity index (χ3n) is 2.15. The van der Waals surface area contributed by atoms with E-state index in [1.54, 1.807) is 0 Å². The van der Waals surface area contributed by atoms with E-state index in [-0.39, 0.29) is 12.4 Å². The molecule has 0 aromatic heterocycles. The maximum absolute atomic E-state index is 13.0. The van der Waals surface area contributed by atoms with E-state index in [0.717, 1.165) is 0 Å². The summed E-state index contributed by atoms with van der Waals surface area (Å²) in [5, 5.41) is 0. The zero-order valence-electron chi connectivity index (χ0n) is 8.54. The summed E-state index contributed by atoms with van der Waals surface area (Å²) in [5.74, 6) is -6.49. The van der Waals surface area contributed by atoms with E-state index < -0.39 is 40.9 Å². The molecule has 0 atom stereocenters. The van der Waals surface area contributed by atoms with Crippen LogP contribution in [0.4, 0.5) is 43.9 Å². The van der Waals surface area contributed by atoms with Crippen LogP contribution in [0.25, 0.3) is 0 Å². The molecule has 0 radical (unpaired) electrons. The van der Waals surface area contributed by atoms with Crippen LogP contribution in [-0.2, 0) is 0 Å². The summed E-state index contributed by atoms with van der Waals surface area (Å²) >= 11 is 0. The molecule has 1 heterocycles. The summed E-state index contributed by atoms with van der Waals surface area (Å²) in [6.45, 7) is -1.87. The smallest absolute Gasteiger partial charge is 0.295 e. The summed E-state index contributed by atoms with van der Waals surface area (Å²) in [7, 11) is 0. The van der Waals surface area contributed by atoms with Crippen molar-refractivity contribution >= 4 is 0 Å². The minimum atomic E-state index is -6.60. The largest absolute Gasteiger partial charge is 0.485 e. The lowest BCUT2D eigenvalue weighted by atomic mass is 10.2. The molecule has 2 nitrogen and oxygen atoms in total. The van der Waals surface area contributed by atoms with E-state index in [9.17, 15) is 43.9 Å². The van der Waals surface area contributed by atoms with E-state index in [4.69, 9.17) is 0 Å². The van der Waals surface area contributed by atoms with Crippen molar-refractivity contribution in [3.63, 3.8) is 0 Å². The Balaban J connectivity index is 2.97. The number of nitrogens with zero attached hydrogens (tertiary/aromatic N) is 2. The van der Waals surface area contributed by atoms with Crippen LogP contribution in [-0.4, -0.2) is 40.9 Å². The van der Waals surface area contributed by atoms with Gasteiger partial charge in [0.2, 0.25) is 0 Å². The van der Waals surface area contributed by atoms with Gasteiger partial charge in [-0.05, 0) is 0 Å². The standard InChI is InChI=1S/C7H4F10N2/c8-4(9,5(10,11)12)6(13,14)18-1-2-19(3-18)7(15,16)17/h1-2H,3H2. The SMILES string of the molecule is FC(F)(F)N1C=CN(C(F)(F)C(F)(F)C(F)(F)F)C1. The van der Waals surface area contributed by atoms with Crippen LogP contribution < -0.4 is 0 Å². The highest BCUT2D eigenvalue weighted by atomic mass is 19.4. The molecule has 0 aromatic rings. The van der Waals surface area contributed by atoms with Crippen molar-refractivity contribution < 1.29 is 43.9 Å². The Bertz CT molecular complexity index is 367. The second-order valence-electron chi connectivity index (χ2n) is 3.46. The normalized spacial score (nSPS) is 18.4. The summed E-state index contributed by atoms with van der Waals surface area (Å²) in [5.41, 5.74) is 0. The third-order valence-corrected chi connectivity index (χ3v) is 2.15. The van der Waals surface area contributed by atoms with Gasteiger partial charge in [0.15, 0.2) is 0 Å². The van der Waals surface area contributed by atoms with Gasteiger partial charge in [0.05, 0.1) is 0 Å². The molecule has 0 fully saturated rings. The molecule has 0 aromatic carbocycles. The van der Waals surface area contributed by atoms with Crippen molar-refractivity contribution in [1.82, 2.24) is 9.80 Å². The minimum Gasteiger partial charge on any atom is -0.295 e. The van der Waals surface area contributed by atoms with Gasteiger partial charge in [-0.1, -0.05) is 0 Å². The molecule has 0 amide bonds. The van der Waals surface area contributed by atoms with Gasteiger partial charge in [-0.25, -0.2) is 0 Å². The second-order valence-corrected chi connectivity index (χ2v) is 3.46. The molecule has 1 aliphatic heterocycles. The Hall–Kier alpha value is -1.36. The van der Waals surface area contributed by atoms with Crippen molar-refractivity contribution in [3.05, 3.63) is 12.4 Å². The maximum atomic E-state index is 13.0. The van der Waals surface area contributed by atoms with Gasteiger partial charge in [-0.2, -0.15) is 43.9 Å². The summed E-state index contributed by atoms with van der Waals surface area (Å²) in [4.78, 5) is -1.80. The van der Waals surface area contributed by atoms with Crippen LogP contribution in [0.1, 0.15) is 0 Å². The molecule has 0 unspecified atom stereocenters. The van der Waals surface area contributed by atoms with Gasteiger partial charge < -0.3 is 0 Å². The van der Waals surface area contributed by atoms with E-state index in [0.29, 0.717) is 0 Å². The molecule has 1 aliphatic rings. The molecule has 19 heavy (non-hydrogen) atoms. The zero-order chi connectivity index (χ0) is 15.3. The molecule has 0 aliphatic carbocycles. The third kappa shape index (κ3) is 2.52. The predicted octanol–water partition coefficient (Wildman–Crippen LogP) is 3.34. The van der Waals surface area contributed by atoms with Crippen LogP contribution in [0.3, 0.4) is 0 Å².